The molecule has 1 aliphatic rings. The van der Waals surface area contributed by atoms with Crippen LogP contribution in [0.5, 0.6) is 0 Å². The molecule has 0 heterocycles. The fourth-order valence-corrected chi connectivity index (χ4v) is 2.19. The van der Waals surface area contributed by atoms with Crippen molar-refractivity contribution in [1.29, 1.82) is 0 Å². The maximum Gasteiger partial charge on any atom is 0.185 e. The van der Waals surface area contributed by atoms with Gasteiger partial charge in [-0.05, 0) is 30.5 Å². The lowest BCUT2D eigenvalue weighted by Crippen LogP contribution is -2.38. The van der Waals surface area contributed by atoms with Crippen molar-refractivity contribution in [2.75, 3.05) is 6.54 Å². The van der Waals surface area contributed by atoms with Crippen molar-refractivity contribution in [2.24, 2.45) is 16.5 Å². The number of rotatable bonds is 3. The van der Waals surface area contributed by atoms with Gasteiger partial charge in [0.05, 0.1) is 6.54 Å². The van der Waals surface area contributed by atoms with E-state index in [0.717, 1.165) is 18.4 Å². The van der Waals surface area contributed by atoms with Gasteiger partial charge in [0.1, 0.15) is 5.82 Å². The minimum Gasteiger partial charge on any atom is -0.370 e. The molecule has 0 radical (unpaired) electrons. The van der Waals surface area contributed by atoms with E-state index < -0.39 is 0 Å². The standard InChI is InChI=1S/C12H16FN3/c13-10-4-2-9(3-5-10)12(6-1-7-12)8-16-11(14)15/h2-5H,1,6-8H2,(H4,14,15,16). The molecule has 4 heteroatoms. The number of nitrogens with zero attached hydrogens (tertiary/aromatic N) is 1. The van der Waals surface area contributed by atoms with Gasteiger partial charge in [-0.2, -0.15) is 0 Å². The van der Waals surface area contributed by atoms with Gasteiger partial charge in [0, 0.05) is 5.41 Å². The van der Waals surface area contributed by atoms with Gasteiger partial charge in [0.25, 0.3) is 0 Å². The van der Waals surface area contributed by atoms with Gasteiger partial charge in [0.15, 0.2) is 5.96 Å². The zero-order valence-corrected chi connectivity index (χ0v) is 9.12. The molecule has 0 atom stereocenters. The van der Waals surface area contributed by atoms with Crippen molar-refractivity contribution in [1.82, 2.24) is 0 Å². The number of benzene rings is 1. The van der Waals surface area contributed by atoms with Crippen molar-refractivity contribution in [3.63, 3.8) is 0 Å². The molecule has 0 bridgehead atoms. The molecule has 0 spiro atoms. The average Bonchev–Trinajstić information content (AvgIpc) is 2.18. The number of hydrogen-bond donors (Lipinski definition) is 2. The monoisotopic (exact) mass is 221 g/mol. The number of guanidine groups is 1. The minimum atomic E-state index is -0.208. The summed E-state index contributed by atoms with van der Waals surface area (Å²) in [7, 11) is 0. The molecule has 1 aliphatic carbocycles. The van der Waals surface area contributed by atoms with Gasteiger partial charge in [0.2, 0.25) is 0 Å². The van der Waals surface area contributed by atoms with Gasteiger partial charge in [-0.15, -0.1) is 0 Å². The summed E-state index contributed by atoms with van der Waals surface area (Å²) < 4.78 is 12.8. The van der Waals surface area contributed by atoms with Crippen molar-refractivity contribution in [3.05, 3.63) is 35.6 Å². The average molecular weight is 221 g/mol. The highest BCUT2D eigenvalue weighted by Crippen LogP contribution is 2.43. The molecule has 1 aromatic rings. The van der Waals surface area contributed by atoms with Crippen LogP contribution in [0.2, 0.25) is 0 Å². The first-order valence-corrected chi connectivity index (χ1v) is 5.44. The molecule has 3 nitrogen and oxygen atoms in total. The predicted molar refractivity (Wildman–Crippen MR) is 62.6 cm³/mol. The number of hydrogen-bond acceptors (Lipinski definition) is 1. The normalized spacial score (nSPS) is 17.6. The highest BCUT2D eigenvalue weighted by atomic mass is 19.1. The van der Waals surface area contributed by atoms with Crippen LogP contribution in [0.1, 0.15) is 24.8 Å². The van der Waals surface area contributed by atoms with Gasteiger partial charge in [-0.25, -0.2) is 4.39 Å². The Kier molecular flexibility index (Phi) is 2.81. The van der Waals surface area contributed by atoms with Crippen LogP contribution < -0.4 is 11.5 Å². The van der Waals surface area contributed by atoms with E-state index in [1.165, 1.54) is 18.6 Å². The van der Waals surface area contributed by atoms with Crippen LogP contribution in [0, 0.1) is 5.82 Å². The van der Waals surface area contributed by atoms with E-state index in [9.17, 15) is 4.39 Å². The van der Waals surface area contributed by atoms with Gasteiger partial charge in [-0.1, -0.05) is 18.6 Å². The molecular formula is C12H16FN3. The molecule has 86 valence electrons. The Hall–Kier alpha value is -1.58. The second-order valence-electron chi connectivity index (χ2n) is 4.38. The van der Waals surface area contributed by atoms with E-state index in [-0.39, 0.29) is 17.2 Å². The third-order valence-corrected chi connectivity index (χ3v) is 3.33. The highest BCUT2D eigenvalue weighted by molar-refractivity contribution is 5.75. The number of nitrogens with two attached hydrogens (primary N) is 2. The van der Waals surface area contributed by atoms with Crippen LogP contribution in [0.3, 0.4) is 0 Å². The third-order valence-electron chi connectivity index (χ3n) is 3.33. The molecule has 0 aliphatic heterocycles. The van der Waals surface area contributed by atoms with Crippen LogP contribution in [0.4, 0.5) is 4.39 Å². The zero-order chi connectivity index (χ0) is 11.6. The molecule has 0 unspecified atom stereocenters. The summed E-state index contributed by atoms with van der Waals surface area (Å²) in [4.78, 5) is 4.10. The smallest absolute Gasteiger partial charge is 0.185 e. The van der Waals surface area contributed by atoms with E-state index in [1.54, 1.807) is 0 Å². The maximum atomic E-state index is 12.8. The van der Waals surface area contributed by atoms with Gasteiger partial charge >= 0.3 is 0 Å². The van der Waals surface area contributed by atoms with Crippen LogP contribution in [-0.4, -0.2) is 12.5 Å². The van der Waals surface area contributed by atoms with E-state index in [1.807, 2.05) is 12.1 Å². The Morgan fingerprint density at radius 1 is 1.25 bits per heavy atom. The molecule has 0 saturated heterocycles. The second kappa shape index (κ2) is 4.12. The van der Waals surface area contributed by atoms with Crippen LogP contribution in [-0.2, 0) is 5.41 Å². The SMILES string of the molecule is NC(N)=NCC1(c2ccc(F)cc2)CCC1. The summed E-state index contributed by atoms with van der Waals surface area (Å²) in [6.45, 7) is 0.598. The minimum absolute atomic E-state index is 0.0255. The molecule has 2 rings (SSSR count). The lowest BCUT2D eigenvalue weighted by molar-refractivity contribution is 0.253. The zero-order valence-electron chi connectivity index (χ0n) is 9.12. The van der Waals surface area contributed by atoms with E-state index in [0.29, 0.717) is 6.54 Å². The molecule has 4 N–H and O–H groups in total. The topological polar surface area (TPSA) is 64.4 Å². The van der Waals surface area contributed by atoms with Crippen LogP contribution >= 0.6 is 0 Å². The van der Waals surface area contributed by atoms with Crippen molar-refractivity contribution in [3.8, 4) is 0 Å². The predicted octanol–water partition coefficient (Wildman–Crippen LogP) is 1.52. The van der Waals surface area contributed by atoms with Crippen LogP contribution in [0.25, 0.3) is 0 Å². The Labute approximate surface area is 94.4 Å². The maximum absolute atomic E-state index is 12.8. The quantitative estimate of drug-likeness (QED) is 0.600. The summed E-state index contributed by atoms with van der Waals surface area (Å²) in [6.07, 6.45) is 3.31. The second-order valence-corrected chi connectivity index (χ2v) is 4.38. The van der Waals surface area contributed by atoms with Gasteiger partial charge in [-0.3, -0.25) is 4.99 Å². The Morgan fingerprint density at radius 2 is 1.88 bits per heavy atom. The molecule has 1 saturated carbocycles. The molecule has 0 amide bonds. The lowest BCUT2D eigenvalue weighted by atomic mass is 9.64. The number of aliphatic imine (C=N–C) groups is 1. The fraction of sp³-hybridized carbons (Fsp3) is 0.417. The van der Waals surface area contributed by atoms with Crippen LogP contribution in [0.15, 0.2) is 29.3 Å². The summed E-state index contributed by atoms with van der Waals surface area (Å²) >= 11 is 0. The van der Waals surface area contributed by atoms with E-state index in [4.69, 9.17) is 11.5 Å². The fourth-order valence-electron chi connectivity index (χ4n) is 2.19. The van der Waals surface area contributed by atoms with E-state index >= 15 is 0 Å². The Morgan fingerprint density at radius 3 is 2.31 bits per heavy atom. The largest absolute Gasteiger partial charge is 0.370 e. The summed E-state index contributed by atoms with van der Waals surface area (Å²) in [5.41, 5.74) is 11.9. The summed E-state index contributed by atoms with van der Waals surface area (Å²) in [6, 6.07) is 6.64. The lowest BCUT2D eigenvalue weighted by Gasteiger charge is -2.41. The molecule has 1 aromatic carbocycles. The Balaban J connectivity index is 2.21. The first kappa shape index (κ1) is 10.9. The molecular weight excluding hydrogens is 205 g/mol. The molecule has 16 heavy (non-hydrogen) atoms. The van der Waals surface area contributed by atoms with Crippen molar-refractivity contribution >= 4 is 5.96 Å². The molecule has 1 fully saturated rings. The Bertz CT molecular complexity index is 389. The van der Waals surface area contributed by atoms with E-state index in [2.05, 4.69) is 4.99 Å². The third kappa shape index (κ3) is 2.01. The van der Waals surface area contributed by atoms with Crippen molar-refractivity contribution in [2.45, 2.75) is 24.7 Å². The van der Waals surface area contributed by atoms with Gasteiger partial charge < -0.3 is 11.5 Å². The summed E-state index contributed by atoms with van der Waals surface area (Å²) in [5, 5.41) is 0. The number of halogens is 1. The summed E-state index contributed by atoms with van der Waals surface area (Å²) in [5.74, 6) is -0.0894. The highest BCUT2D eigenvalue weighted by Gasteiger charge is 2.38. The van der Waals surface area contributed by atoms with Crippen molar-refractivity contribution < 1.29 is 4.39 Å². The first-order valence-electron chi connectivity index (χ1n) is 5.44. The molecule has 0 aromatic heterocycles. The first-order chi connectivity index (χ1) is 7.62.